The Labute approximate surface area is 174 Å². The number of carboxylic acid groups (broad SMARTS) is 1. The second kappa shape index (κ2) is 11.6. The Balaban J connectivity index is 0.00000101. The summed E-state index contributed by atoms with van der Waals surface area (Å²) in [7, 11) is 1.57. The Morgan fingerprint density at radius 1 is 1.20 bits per heavy atom. The fourth-order valence-electron chi connectivity index (χ4n) is 3.80. The van der Waals surface area contributed by atoms with E-state index in [0.717, 1.165) is 25.3 Å². The van der Waals surface area contributed by atoms with Gasteiger partial charge in [-0.1, -0.05) is 12.1 Å². The molecule has 3 atom stereocenters. The van der Waals surface area contributed by atoms with Crippen LogP contribution in [-0.4, -0.2) is 48.7 Å². The topological polar surface area (TPSA) is 105 Å². The monoisotopic (exact) mass is 426 g/mol. The van der Waals surface area contributed by atoms with Crippen molar-refractivity contribution < 1.29 is 33.0 Å². The summed E-state index contributed by atoms with van der Waals surface area (Å²) in [6, 6.07) is 3.73. The Morgan fingerprint density at radius 3 is 2.50 bits per heavy atom. The van der Waals surface area contributed by atoms with Crippen LogP contribution in [0.2, 0.25) is 0 Å². The maximum absolute atomic E-state index is 13.8. The van der Waals surface area contributed by atoms with E-state index < -0.39 is 17.5 Å². The third-order valence-corrected chi connectivity index (χ3v) is 5.64. The molecular formula is C21H28F2N2O5. The first-order chi connectivity index (χ1) is 14.4. The van der Waals surface area contributed by atoms with Crippen LogP contribution in [0.3, 0.4) is 0 Å². The van der Waals surface area contributed by atoms with Crippen LogP contribution in [0.4, 0.5) is 8.78 Å². The fourth-order valence-corrected chi connectivity index (χ4v) is 3.80. The standard InChI is InChI=1S/C20H26F2N2O3.CH2O2/c1-27-17-9-8-13(20(26)23-14-5-3-6-14)10-16(17)24-18(25)11-12-4-2-7-15(21)19(12)22;2-1-3/h2,4,7,13-14,16-17H,3,5-6,8-11H2,1H3,(H,23,26)(H,24,25);1H,(H,2,3)/t13-,16+,17+;/m0./s1. The van der Waals surface area contributed by atoms with Gasteiger partial charge in [0.1, 0.15) is 0 Å². The lowest BCUT2D eigenvalue weighted by atomic mass is 9.82. The van der Waals surface area contributed by atoms with Crippen LogP contribution in [-0.2, 0) is 25.5 Å². The minimum Gasteiger partial charge on any atom is -0.483 e. The number of nitrogens with one attached hydrogen (secondary N) is 2. The van der Waals surface area contributed by atoms with Crippen molar-refractivity contribution in [3.05, 3.63) is 35.4 Å². The summed E-state index contributed by atoms with van der Waals surface area (Å²) in [5, 5.41) is 12.8. The normalized spacial score (nSPS) is 23.4. The lowest BCUT2D eigenvalue weighted by Crippen LogP contribution is -2.52. The van der Waals surface area contributed by atoms with Crippen molar-refractivity contribution in [2.75, 3.05) is 7.11 Å². The van der Waals surface area contributed by atoms with E-state index in [2.05, 4.69) is 10.6 Å². The van der Waals surface area contributed by atoms with Crippen molar-refractivity contribution in [2.24, 2.45) is 5.92 Å². The van der Waals surface area contributed by atoms with E-state index in [1.54, 1.807) is 7.11 Å². The van der Waals surface area contributed by atoms with Gasteiger partial charge in [0.05, 0.1) is 18.6 Å². The van der Waals surface area contributed by atoms with Crippen LogP contribution in [0, 0.1) is 17.6 Å². The highest BCUT2D eigenvalue weighted by Gasteiger charge is 2.36. The van der Waals surface area contributed by atoms with Gasteiger partial charge < -0.3 is 20.5 Å². The maximum atomic E-state index is 13.8. The predicted octanol–water partition coefficient (Wildman–Crippen LogP) is 2.18. The largest absolute Gasteiger partial charge is 0.483 e. The first kappa shape index (κ1) is 23.7. The van der Waals surface area contributed by atoms with Crippen LogP contribution >= 0.6 is 0 Å². The van der Waals surface area contributed by atoms with Gasteiger partial charge in [-0.2, -0.15) is 0 Å². The number of hydrogen-bond acceptors (Lipinski definition) is 4. The van der Waals surface area contributed by atoms with Gasteiger partial charge in [0.25, 0.3) is 6.47 Å². The molecule has 9 heteroatoms. The van der Waals surface area contributed by atoms with Crippen LogP contribution < -0.4 is 10.6 Å². The van der Waals surface area contributed by atoms with Crippen molar-refractivity contribution in [1.29, 1.82) is 0 Å². The van der Waals surface area contributed by atoms with Crippen LogP contribution in [0.25, 0.3) is 0 Å². The van der Waals surface area contributed by atoms with E-state index in [-0.39, 0.29) is 48.5 Å². The van der Waals surface area contributed by atoms with E-state index in [1.807, 2.05) is 0 Å². The number of amides is 2. The third kappa shape index (κ3) is 6.48. The van der Waals surface area contributed by atoms with Crippen molar-refractivity contribution in [1.82, 2.24) is 10.6 Å². The van der Waals surface area contributed by atoms with E-state index >= 15 is 0 Å². The molecule has 0 spiro atoms. The molecule has 2 aliphatic carbocycles. The molecule has 3 rings (SSSR count). The van der Waals surface area contributed by atoms with Crippen LogP contribution in [0.1, 0.15) is 44.1 Å². The molecule has 2 aliphatic rings. The zero-order chi connectivity index (χ0) is 22.1. The molecule has 0 radical (unpaired) electrons. The first-order valence-electron chi connectivity index (χ1n) is 10.0. The summed E-state index contributed by atoms with van der Waals surface area (Å²) < 4.78 is 32.5. The second-order valence-electron chi connectivity index (χ2n) is 7.59. The number of ether oxygens (including phenoxy) is 1. The molecular weight excluding hydrogens is 398 g/mol. The number of methoxy groups -OCH3 is 1. The summed E-state index contributed by atoms with van der Waals surface area (Å²) >= 11 is 0. The highest BCUT2D eigenvalue weighted by Crippen LogP contribution is 2.28. The SMILES string of the molecule is CO[C@@H]1CC[C@H](C(=O)NC2CCC2)C[C@H]1NC(=O)Cc1cccc(F)c1F.O=CO. The van der Waals surface area contributed by atoms with Gasteiger partial charge in [-0.3, -0.25) is 14.4 Å². The molecule has 3 N–H and O–H groups in total. The molecule has 166 valence electrons. The summed E-state index contributed by atoms with van der Waals surface area (Å²) in [4.78, 5) is 33.2. The summed E-state index contributed by atoms with van der Waals surface area (Å²) in [6.07, 6.45) is 4.61. The molecule has 1 aromatic rings. The first-order valence-corrected chi connectivity index (χ1v) is 10.0. The molecule has 2 fully saturated rings. The lowest BCUT2D eigenvalue weighted by molar-refractivity contribution is -0.130. The molecule has 2 saturated carbocycles. The number of rotatable bonds is 6. The van der Waals surface area contributed by atoms with E-state index in [1.165, 1.54) is 12.1 Å². The second-order valence-corrected chi connectivity index (χ2v) is 7.59. The van der Waals surface area contributed by atoms with E-state index in [4.69, 9.17) is 14.6 Å². The van der Waals surface area contributed by atoms with Crippen molar-refractivity contribution in [2.45, 2.75) is 63.1 Å². The minimum atomic E-state index is -1.00. The molecule has 1 aromatic carbocycles. The maximum Gasteiger partial charge on any atom is 0.290 e. The number of benzene rings is 1. The molecule has 2 amide bonds. The van der Waals surface area contributed by atoms with Gasteiger partial charge >= 0.3 is 0 Å². The number of hydrogen-bond donors (Lipinski definition) is 3. The molecule has 0 unspecified atom stereocenters. The lowest BCUT2D eigenvalue weighted by Gasteiger charge is -2.36. The number of halogens is 2. The number of carbonyl (C=O) groups excluding carboxylic acids is 2. The summed E-state index contributed by atoms with van der Waals surface area (Å²) in [6.45, 7) is -0.250. The van der Waals surface area contributed by atoms with Gasteiger partial charge in [0, 0.05) is 24.6 Å². The summed E-state index contributed by atoms with van der Waals surface area (Å²) in [5.74, 6) is -2.53. The Kier molecular flexibility index (Phi) is 9.16. The zero-order valence-electron chi connectivity index (χ0n) is 16.9. The Bertz CT molecular complexity index is 742. The van der Waals surface area contributed by atoms with Crippen LogP contribution in [0.15, 0.2) is 18.2 Å². The summed E-state index contributed by atoms with van der Waals surface area (Å²) in [5.41, 5.74) is 0.0107. The fraction of sp³-hybridized carbons (Fsp3) is 0.571. The predicted molar refractivity (Wildman–Crippen MR) is 105 cm³/mol. The van der Waals surface area contributed by atoms with Crippen molar-refractivity contribution >= 4 is 18.3 Å². The zero-order valence-corrected chi connectivity index (χ0v) is 16.9. The Morgan fingerprint density at radius 2 is 1.90 bits per heavy atom. The van der Waals surface area contributed by atoms with Gasteiger partial charge in [-0.15, -0.1) is 0 Å². The van der Waals surface area contributed by atoms with Gasteiger partial charge in [-0.25, -0.2) is 8.78 Å². The van der Waals surface area contributed by atoms with Crippen LogP contribution in [0.5, 0.6) is 0 Å². The third-order valence-electron chi connectivity index (χ3n) is 5.64. The molecule has 30 heavy (non-hydrogen) atoms. The quantitative estimate of drug-likeness (QED) is 0.605. The number of carbonyl (C=O) groups is 3. The van der Waals surface area contributed by atoms with E-state index in [0.29, 0.717) is 19.3 Å². The molecule has 0 bridgehead atoms. The van der Waals surface area contributed by atoms with Crippen molar-refractivity contribution in [3.8, 4) is 0 Å². The minimum absolute atomic E-state index is 0.0107. The molecule has 0 aromatic heterocycles. The average Bonchev–Trinajstić information content (AvgIpc) is 2.68. The van der Waals surface area contributed by atoms with Crippen molar-refractivity contribution in [3.63, 3.8) is 0 Å². The smallest absolute Gasteiger partial charge is 0.290 e. The van der Waals surface area contributed by atoms with E-state index in [9.17, 15) is 18.4 Å². The van der Waals surface area contributed by atoms with Gasteiger partial charge in [0.15, 0.2) is 11.6 Å². The average molecular weight is 426 g/mol. The molecule has 0 heterocycles. The highest BCUT2D eigenvalue weighted by atomic mass is 19.2. The molecule has 0 saturated heterocycles. The highest BCUT2D eigenvalue weighted by molar-refractivity contribution is 5.80. The van der Waals surface area contributed by atoms with Gasteiger partial charge in [0.2, 0.25) is 11.8 Å². The molecule has 0 aliphatic heterocycles. The Hall–Kier alpha value is -2.55. The van der Waals surface area contributed by atoms with Gasteiger partial charge in [-0.05, 0) is 44.6 Å². The molecule has 7 nitrogen and oxygen atoms in total.